The summed E-state index contributed by atoms with van der Waals surface area (Å²) in [6.45, 7) is 4.17. The van der Waals surface area contributed by atoms with E-state index in [1.54, 1.807) is 12.2 Å². The van der Waals surface area contributed by atoms with Gasteiger partial charge in [-0.3, -0.25) is 9.59 Å². The van der Waals surface area contributed by atoms with Crippen molar-refractivity contribution < 1.29 is 42.1 Å². The van der Waals surface area contributed by atoms with Crippen molar-refractivity contribution in [2.45, 2.75) is 32.8 Å². The molecule has 1 atom stereocenters. The molecule has 0 bridgehead atoms. The molecule has 34 heavy (non-hydrogen) atoms. The van der Waals surface area contributed by atoms with Crippen LogP contribution in [-0.2, 0) is 24.7 Å². The maximum absolute atomic E-state index is 15.0. The summed E-state index contributed by atoms with van der Waals surface area (Å²) in [6, 6.07) is 4.41. The Morgan fingerprint density at radius 1 is 0.971 bits per heavy atom. The number of hydrogen-bond acceptors (Lipinski definition) is 7. The van der Waals surface area contributed by atoms with Gasteiger partial charge in [-0.25, -0.2) is 13.6 Å². The van der Waals surface area contributed by atoms with Crippen molar-refractivity contribution in [3.8, 4) is 23.0 Å². The number of fused-ring (bicyclic) bond motifs is 6. The molecule has 0 N–H and O–H groups in total. The fourth-order valence-electron chi connectivity index (χ4n) is 4.53. The summed E-state index contributed by atoms with van der Waals surface area (Å²) in [5.41, 5.74) is -0.777. The van der Waals surface area contributed by atoms with Gasteiger partial charge in [0, 0.05) is 31.6 Å². The summed E-state index contributed by atoms with van der Waals surface area (Å²) in [4.78, 5) is 35.8. The van der Waals surface area contributed by atoms with Crippen LogP contribution >= 0.6 is 0 Å². The monoisotopic (exact) mass is 468 g/mol. The molecule has 1 fully saturated rings. The Balaban J connectivity index is 1.80. The second kappa shape index (κ2) is 7.51. The van der Waals surface area contributed by atoms with Crippen LogP contribution in [0.2, 0.25) is 0 Å². The predicted octanol–water partition coefficient (Wildman–Crippen LogP) is 4.61. The lowest BCUT2D eigenvalue weighted by Crippen LogP contribution is -2.33. The molecule has 2 aliphatic heterocycles. The standard InChI is InChI=1S/C25H18F2O7/c1-11-4-5-15-14(6-11)24(30)34-25(15)16-7-18(26)22(31-12(2)28)9-20(16)33-21-10-23(32-13(3)29)19(27)8-17(21)25/h5-11H,4H2,1-3H3. The highest BCUT2D eigenvalue weighted by Crippen LogP contribution is 2.59. The second-order valence-corrected chi connectivity index (χ2v) is 8.33. The van der Waals surface area contributed by atoms with E-state index >= 15 is 0 Å². The lowest BCUT2D eigenvalue weighted by molar-refractivity contribution is -0.143. The summed E-state index contributed by atoms with van der Waals surface area (Å²) in [7, 11) is 0. The van der Waals surface area contributed by atoms with Crippen LogP contribution in [0.25, 0.3) is 0 Å². The first-order valence-corrected chi connectivity index (χ1v) is 10.5. The molecule has 3 aliphatic rings. The van der Waals surface area contributed by atoms with Gasteiger partial charge in [-0.1, -0.05) is 19.1 Å². The Kier molecular flexibility index (Phi) is 4.82. The Morgan fingerprint density at radius 3 is 2.00 bits per heavy atom. The molecular formula is C25H18F2O7. The summed E-state index contributed by atoms with van der Waals surface area (Å²) in [5, 5.41) is 0. The van der Waals surface area contributed by atoms with Gasteiger partial charge in [-0.05, 0) is 24.5 Å². The van der Waals surface area contributed by atoms with Gasteiger partial charge in [-0.2, -0.15) is 0 Å². The molecule has 1 spiro atoms. The van der Waals surface area contributed by atoms with E-state index in [4.69, 9.17) is 18.9 Å². The molecular weight excluding hydrogens is 450 g/mol. The zero-order chi connectivity index (χ0) is 24.4. The van der Waals surface area contributed by atoms with Crippen molar-refractivity contribution >= 4 is 17.9 Å². The highest BCUT2D eigenvalue weighted by Gasteiger charge is 2.57. The van der Waals surface area contributed by atoms with E-state index in [1.807, 2.05) is 6.92 Å². The molecule has 5 rings (SSSR count). The Labute approximate surface area is 192 Å². The van der Waals surface area contributed by atoms with Gasteiger partial charge in [0.05, 0.1) is 16.7 Å². The Hall–Kier alpha value is -4.01. The number of rotatable bonds is 2. The summed E-state index contributed by atoms with van der Waals surface area (Å²) in [6.07, 6.45) is 4.14. The highest BCUT2D eigenvalue weighted by molar-refractivity contribution is 6.00. The SMILES string of the molecule is CC(=O)Oc1cc2c(cc1F)C1(OC(=O)C3=CC(C)CC=C31)c1cc(F)c(OC(C)=O)cc1O2. The number of carbonyl (C=O) groups excluding carboxylic acids is 3. The van der Waals surface area contributed by atoms with Gasteiger partial charge in [0.15, 0.2) is 28.7 Å². The van der Waals surface area contributed by atoms with Crippen molar-refractivity contribution in [2.75, 3.05) is 0 Å². The van der Waals surface area contributed by atoms with E-state index < -0.39 is 46.6 Å². The summed E-state index contributed by atoms with van der Waals surface area (Å²) >= 11 is 0. The zero-order valence-corrected chi connectivity index (χ0v) is 18.4. The number of carbonyl (C=O) groups is 3. The van der Waals surface area contributed by atoms with Gasteiger partial charge in [0.2, 0.25) is 0 Å². The minimum absolute atomic E-state index is 0.0269. The summed E-state index contributed by atoms with van der Waals surface area (Å²) in [5.74, 6) is -4.59. The number of allylic oxidation sites excluding steroid dienone is 2. The third kappa shape index (κ3) is 3.19. The van der Waals surface area contributed by atoms with E-state index in [-0.39, 0.29) is 28.5 Å². The van der Waals surface area contributed by atoms with E-state index in [0.29, 0.717) is 17.6 Å². The summed E-state index contributed by atoms with van der Waals surface area (Å²) < 4.78 is 51.6. The smallest absolute Gasteiger partial charge is 0.339 e. The average molecular weight is 468 g/mol. The zero-order valence-electron chi connectivity index (χ0n) is 18.4. The van der Waals surface area contributed by atoms with E-state index in [1.165, 1.54) is 0 Å². The predicted molar refractivity (Wildman–Crippen MR) is 112 cm³/mol. The fraction of sp³-hybridized carbons (Fsp3) is 0.240. The quantitative estimate of drug-likeness (QED) is 0.470. The second-order valence-electron chi connectivity index (χ2n) is 8.33. The van der Waals surface area contributed by atoms with Crippen LogP contribution in [0.15, 0.2) is 47.6 Å². The van der Waals surface area contributed by atoms with Crippen LogP contribution in [0, 0.1) is 17.6 Å². The molecule has 0 amide bonds. The average Bonchev–Trinajstić information content (AvgIpc) is 3.03. The first-order chi connectivity index (χ1) is 16.1. The van der Waals surface area contributed by atoms with Gasteiger partial charge in [0.1, 0.15) is 11.5 Å². The lowest BCUT2D eigenvalue weighted by atomic mass is 9.74. The van der Waals surface area contributed by atoms with E-state index in [0.717, 1.165) is 38.1 Å². The number of benzene rings is 2. The molecule has 9 heteroatoms. The molecule has 0 saturated carbocycles. The molecule has 2 heterocycles. The van der Waals surface area contributed by atoms with Crippen LogP contribution in [0.5, 0.6) is 23.0 Å². The van der Waals surface area contributed by atoms with Crippen LogP contribution in [0.3, 0.4) is 0 Å². The number of halogens is 2. The van der Waals surface area contributed by atoms with Gasteiger partial charge < -0.3 is 18.9 Å². The largest absolute Gasteiger partial charge is 0.456 e. The highest BCUT2D eigenvalue weighted by atomic mass is 19.1. The number of esters is 3. The third-order valence-electron chi connectivity index (χ3n) is 5.83. The molecule has 174 valence electrons. The first kappa shape index (κ1) is 21.8. The number of hydrogen-bond donors (Lipinski definition) is 0. The molecule has 2 aromatic rings. The van der Waals surface area contributed by atoms with E-state index in [2.05, 4.69) is 0 Å². The van der Waals surface area contributed by atoms with Gasteiger partial charge in [0.25, 0.3) is 0 Å². The van der Waals surface area contributed by atoms with Crippen LogP contribution in [0.4, 0.5) is 8.78 Å². The van der Waals surface area contributed by atoms with Crippen LogP contribution in [0.1, 0.15) is 38.3 Å². The van der Waals surface area contributed by atoms with Crippen molar-refractivity contribution in [1.29, 1.82) is 0 Å². The van der Waals surface area contributed by atoms with Crippen LogP contribution in [-0.4, -0.2) is 17.9 Å². The molecule has 0 radical (unpaired) electrons. The molecule has 0 aromatic heterocycles. The van der Waals surface area contributed by atoms with Gasteiger partial charge >= 0.3 is 17.9 Å². The maximum atomic E-state index is 15.0. The van der Waals surface area contributed by atoms with Crippen molar-refractivity contribution in [2.24, 2.45) is 5.92 Å². The minimum atomic E-state index is -1.71. The molecule has 2 aromatic carbocycles. The first-order valence-electron chi connectivity index (χ1n) is 10.5. The molecule has 1 saturated heterocycles. The van der Waals surface area contributed by atoms with Crippen LogP contribution < -0.4 is 14.2 Å². The Bertz CT molecular complexity index is 1280. The topological polar surface area (TPSA) is 88.1 Å². The Morgan fingerprint density at radius 2 is 1.50 bits per heavy atom. The fourth-order valence-corrected chi connectivity index (χ4v) is 4.53. The maximum Gasteiger partial charge on any atom is 0.339 e. The van der Waals surface area contributed by atoms with Crippen molar-refractivity contribution in [3.05, 3.63) is 70.3 Å². The van der Waals surface area contributed by atoms with Crippen molar-refractivity contribution in [1.82, 2.24) is 0 Å². The normalized spacial score (nSPS) is 19.1. The van der Waals surface area contributed by atoms with E-state index in [9.17, 15) is 23.2 Å². The molecule has 7 nitrogen and oxygen atoms in total. The van der Waals surface area contributed by atoms with Crippen molar-refractivity contribution in [3.63, 3.8) is 0 Å². The minimum Gasteiger partial charge on any atom is -0.456 e. The lowest BCUT2D eigenvalue weighted by Gasteiger charge is -2.37. The molecule has 1 aliphatic carbocycles. The number of ether oxygens (including phenoxy) is 4. The molecule has 1 unspecified atom stereocenters. The third-order valence-corrected chi connectivity index (χ3v) is 5.83. The van der Waals surface area contributed by atoms with Gasteiger partial charge in [-0.15, -0.1) is 0 Å².